The fraction of sp³-hybridized carbons (Fsp3) is 0.235. The molecule has 0 aliphatic carbocycles. The second kappa shape index (κ2) is 8.84. The number of aryl methyl sites for hydroxylation is 1. The van der Waals surface area contributed by atoms with Crippen LogP contribution in [0.4, 0.5) is 18.9 Å². The van der Waals surface area contributed by atoms with Crippen LogP contribution in [0.25, 0.3) is 0 Å². The molecule has 0 aliphatic heterocycles. The Kier molecular flexibility index (Phi) is 6.81. The van der Waals surface area contributed by atoms with E-state index in [0.717, 1.165) is 0 Å². The van der Waals surface area contributed by atoms with Gasteiger partial charge in [0.25, 0.3) is 0 Å². The minimum atomic E-state index is -2.90. The average molecular weight is 402 g/mol. The summed E-state index contributed by atoms with van der Waals surface area (Å²) in [6, 6.07) is 10.8. The first-order chi connectivity index (χ1) is 11.5. The van der Waals surface area contributed by atoms with Gasteiger partial charge in [-0.15, -0.1) is 0 Å². The van der Waals surface area contributed by atoms with Crippen molar-refractivity contribution in [3.05, 3.63) is 58.3 Å². The van der Waals surface area contributed by atoms with Gasteiger partial charge in [0.15, 0.2) is 0 Å². The molecule has 128 valence electrons. The highest BCUT2D eigenvalue weighted by Crippen LogP contribution is 2.23. The van der Waals surface area contributed by atoms with Crippen molar-refractivity contribution in [2.24, 2.45) is 4.99 Å². The van der Waals surface area contributed by atoms with Gasteiger partial charge in [0.1, 0.15) is 11.6 Å². The van der Waals surface area contributed by atoms with Gasteiger partial charge in [0, 0.05) is 12.3 Å². The maximum Gasteiger partial charge on any atom is 0.387 e. The monoisotopic (exact) mass is 401 g/mol. The van der Waals surface area contributed by atoms with Crippen molar-refractivity contribution in [1.29, 1.82) is 0 Å². The summed E-state index contributed by atoms with van der Waals surface area (Å²) in [7, 11) is 0. The zero-order valence-corrected chi connectivity index (χ0v) is 14.1. The fourth-order valence-corrected chi connectivity index (χ4v) is 2.28. The van der Waals surface area contributed by atoms with Crippen LogP contribution in [0.1, 0.15) is 12.0 Å². The predicted octanol–water partition coefficient (Wildman–Crippen LogP) is 4.89. The molecule has 0 aromatic heterocycles. The van der Waals surface area contributed by atoms with Gasteiger partial charge in [0.2, 0.25) is 0 Å². The first-order valence-electron chi connectivity index (χ1n) is 7.15. The Morgan fingerprint density at radius 3 is 2.67 bits per heavy atom. The minimum absolute atomic E-state index is 0.0895. The van der Waals surface area contributed by atoms with Crippen LogP contribution in [0.3, 0.4) is 0 Å². The molecule has 0 radical (unpaired) electrons. The van der Waals surface area contributed by atoms with Crippen LogP contribution in [-0.2, 0) is 6.42 Å². The number of aliphatic hydroxyl groups is 1. The molecular formula is C17H15BrF3NO2. The van der Waals surface area contributed by atoms with Gasteiger partial charge in [-0.25, -0.2) is 4.39 Å². The number of benzene rings is 2. The van der Waals surface area contributed by atoms with E-state index in [1.54, 1.807) is 24.3 Å². The molecule has 0 heterocycles. The lowest BCUT2D eigenvalue weighted by molar-refractivity contribution is -0.0504. The van der Waals surface area contributed by atoms with Crippen molar-refractivity contribution in [2.75, 3.05) is 0 Å². The highest BCUT2D eigenvalue weighted by molar-refractivity contribution is 9.10. The number of para-hydroxylation sites is 1. The molecule has 1 N–H and O–H groups in total. The van der Waals surface area contributed by atoms with Crippen molar-refractivity contribution >= 4 is 27.8 Å². The summed E-state index contributed by atoms with van der Waals surface area (Å²) in [5.41, 5.74) is 0.941. The molecule has 2 aromatic rings. The number of halogens is 4. The molecule has 1 atom stereocenters. The number of aliphatic hydroxyl groups excluding tert-OH is 1. The van der Waals surface area contributed by atoms with Crippen LogP contribution in [0.15, 0.2) is 51.9 Å². The molecule has 3 nitrogen and oxygen atoms in total. The van der Waals surface area contributed by atoms with Crippen molar-refractivity contribution in [3.63, 3.8) is 0 Å². The second-order valence-corrected chi connectivity index (χ2v) is 5.82. The fourth-order valence-electron chi connectivity index (χ4n) is 2.04. The summed E-state index contributed by atoms with van der Waals surface area (Å²) in [4.78, 5) is 4.00. The number of aliphatic imine (C=N–C) groups is 1. The number of rotatable bonds is 7. The maximum absolute atomic E-state index is 13.4. The number of hydrogen-bond donors (Lipinski definition) is 1. The third-order valence-corrected chi connectivity index (χ3v) is 3.84. The molecule has 1 unspecified atom stereocenters. The molecule has 0 spiro atoms. The topological polar surface area (TPSA) is 41.8 Å². The minimum Gasteiger partial charge on any atom is -0.435 e. The molecule has 0 aliphatic rings. The SMILES string of the molecule is OC(/C=N/c1ccc(Br)c(F)c1)CCc1ccccc1OC(F)F. The summed E-state index contributed by atoms with van der Waals surface area (Å²) in [6.45, 7) is -2.90. The van der Waals surface area contributed by atoms with Crippen molar-refractivity contribution in [3.8, 4) is 5.75 Å². The number of alkyl halides is 2. The van der Waals surface area contributed by atoms with Crippen molar-refractivity contribution in [2.45, 2.75) is 25.6 Å². The normalized spacial score (nSPS) is 12.8. The van der Waals surface area contributed by atoms with Crippen LogP contribution >= 0.6 is 15.9 Å². The molecule has 0 bridgehead atoms. The Hall–Kier alpha value is -1.86. The van der Waals surface area contributed by atoms with Gasteiger partial charge in [0.05, 0.1) is 16.3 Å². The molecular weight excluding hydrogens is 387 g/mol. The zero-order valence-electron chi connectivity index (χ0n) is 12.5. The van der Waals surface area contributed by atoms with E-state index >= 15 is 0 Å². The van der Waals surface area contributed by atoms with Crippen LogP contribution in [-0.4, -0.2) is 24.0 Å². The van der Waals surface area contributed by atoms with E-state index in [-0.39, 0.29) is 12.2 Å². The largest absolute Gasteiger partial charge is 0.435 e. The molecule has 0 saturated heterocycles. The van der Waals surface area contributed by atoms with Crippen LogP contribution < -0.4 is 4.74 Å². The predicted molar refractivity (Wildman–Crippen MR) is 89.7 cm³/mol. The van der Waals surface area contributed by atoms with E-state index in [1.165, 1.54) is 24.4 Å². The summed E-state index contributed by atoms with van der Waals surface area (Å²) in [5.74, 6) is -0.358. The van der Waals surface area contributed by atoms with Crippen molar-refractivity contribution < 1.29 is 23.0 Å². The lowest BCUT2D eigenvalue weighted by atomic mass is 10.1. The highest BCUT2D eigenvalue weighted by Gasteiger charge is 2.10. The van der Waals surface area contributed by atoms with E-state index in [1.807, 2.05) is 0 Å². The van der Waals surface area contributed by atoms with Gasteiger partial charge in [-0.05, 0) is 52.5 Å². The zero-order chi connectivity index (χ0) is 17.5. The lowest BCUT2D eigenvalue weighted by Gasteiger charge is -2.11. The summed E-state index contributed by atoms with van der Waals surface area (Å²) in [5, 5.41) is 9.93. The van der Waals surface area contributed by atoms with Gasteiger partial charge >= 0.3 is 6.61 Å². The molecule has 0 amide bonds. The molecule has 24 heavy (non-hydrogen) atoms. The van der Waals surface area contributed by atoms with Gasteiger partial charge in [-0.3, -0.25) is 4.99 Å². The molecule has 2 rings (SSSR count). The van der Waals surface area contributed by atoms with E-state index in [0.29, 0.717) is 22.1 Å². The molecule has 2 aromatic carbocycles. The third-order valence-electron chi connectivity index (χ3n) is 3.20. The Labute approximate surface area is 145 Å². The smallest absolute Gasteiger partial charge is 0.387 e. The van der Waals surface area contributed by atoms with Crippen LogP contribution in [0, 0.1) is 5.82 Å². The Morgan fingerprint density at radius 1 is 1.21 bits per heavy atom. The Morgan fingerprint density at radius 2 is 1.96 bits per heavy atom. The van der Waals surface area contributed by atoms with Crippen LogP contribution in [0.5, 0.6) is 5.75 Å². The van der Waals surface area contributed by atoms with E-state index in [9.17, 15) is 18.3 Å². The lowest BCUT2D eigenvalue weighted by Crippen LogP contribution is -2.10. The van der Waals surface area contributed by atoms with Gasteiger partial charge < -0.3 is 9.84 Å². The van der Waals surface area contributed by atoms with Crippen LogP contribution in [0.2, 0.25) is 0 Å². The van der Waals surface area contributed by atoms with Gasteiger partial charge in [-0.2, -0.15) is 8.78 Å². The summed E-state index contributed by atoms with van der Waals surface area (Å²) in [6.07, 6.45) is 1.01. The third kappa shape index (κ3) is 5.65. The summed E-state index contributed by atoms with van der Waals surface area (Å²) < 4.78 is 42.8. The second-order valence-electron chi connectivity index (χ2n) is 4.97. The molecule has 0 fully saturated rings. The van der Waals surface area contributed by atoms with E-state index < -0.39 is 18.5 Å². The van der Waals surface area contributed by atoms with E-state index in [2.05, 4.69) is 25.7 Å². The number of ether oxygens (including phenoxy) is 1. The summed E-state index contributed by atoms with van der Waals surface area (Å²) >= 11 is 3.04. The quantitative estimate of drug-likeness (QED) is 0.671. The Bertz CT molecular complexity index is 710. The maximum atomic E-state index is 13.4. The number of hydrogen-bond acceptors (Lipinski definition) is 3. The van der Waals surface area contributed by atoms with E-state index in [4.69, 9.17) is 0 Å². The molecule has 7 heteroatoms. The first-order valence-corrected chi connectivity index (χ1v) is 7.95. The van der Waals surface area contributed by atoms with Crippen molar-refractivity contribution in [1.82, 2.24) is 0 Å². The first kappa shape index (κ1) is 18.5. The average Bonchev–Trinajstić information content (AvgIpc) is 2.54. The highest BCUT2D eigenvalue weighted by atomic mass is 79.9. The standard InChI is InChI=1S/C17H15BrF3NO2/c18-14-8-6-12(9-15(14)19)22-10-13(23)7-5-11-3-1-2-4-16(11)24-17(20)21/h1-4,6,8-10,13,17,23H,5,7H2/b22-10+. The molecule has 0 saturated carbocycles. The van der Waals surface area contributed by atoms with Gasteiger partial charge in [-0.1, -0.05) is 18.2 Å². The Balaban J connectivity index is 1.94. The number of nitrogens with zero attached hydrogens (tertiary/aromatic N) is 1.